The zero-order chi connectivity index (χ0) is 45.8. The van der Waals surface area contributed by atoms with Gasteiger partial charge in [0.2, 0.25) is 47.3 Å². The van der Waals surface area contributed by atoms with Crippen LogP contribution in [0.2, 0.25) is 0 Å². The van der Waals surface area contributed by atoms with Crippen molar-refractivity contribution in [3.05, 3.63) is 65.7 Å². The number of carbonyl (C=O) groups is 8. The van der Waals surface area contributed by atoms with Gasteiger partial charge in [0.05, 0.1) is 13.1 Å². The number of carbonyl (C=O) groups excluding carboxylic acids is 8. The van der Waals surface area contributed by atoms with E-state index in [-0.39, 0.29) is 55.6 Å². The first-order chi connectivity index (χ1) is 28.7. The number of amides is 8. The van der Waals surface area contributed by atoms with Crippen molar-refractivity contribution in [2.45, 2.75) is 103 Å². The largest absolute Gasteiger partial charge is 0.508 e. The second-order valence-electron chi connectivity index (χ2n) is 16.0. The average molecular weight is 870 g/mol. The number of hydrogen-bond acceptors (Lipinski definition) is 11. The molecule has 0 saturated carbocycles. The smallest absolute Gasteiger partial charge is 0.244 e. The van der Waals surface area contributed by atoms with Crippen molar-refractivity contribution >= 4 is 59.9 Å². The molecule has 336 valence electrons. The van der Waals surface area contributed by atoms with Crippen LogP contribution < -0.4 is 48.7 Å². The lowest BCUT2D eigenvalue weighted by Crippen LogP contribution is -2.61. The van der Waals surface area contributed by atoms with Gasteiger partial charge < -0.3 is 53.8 Å². The van der Waals surface area contributed by atoms with Crippen LogP contribution in [-0.4, -0.2) is 107 Å². The van der Waals surface area contributed by atoms with Crippen molar-refractivity contribution in [2.24, 2.45) is 29.2 Å². The highest BCUT2D eigenvalue weighted by Gasteiger charge is 2.35. The Morgan fingerprint density at radius 3 is 1.52 bits per heavy atom. The van der Waals surface area contributed by atoms with Gasteiger partial charge in [-0.1, -0.05) is 84.0 Å². The van der Waals surface area contributed by atoms with Gasteiger partial charge in [-0.25, -0.2) is 0 Å². The van der Waals surface area contributed by atoms with E-state index < -0.39 is 96.0 Å². The summed E-state index contributed by atoms with van der Waals surface area (Å²) in [4.78, 5) is 105. The Kier molecular flexibility index (Phi) is 21.8. The maximum absolute atomic E-state index is 14.2. The molecule has 0 aliphatic heterocycles. The van der Waals surface area contributed by atoms with Crippen LogP contribution in [0.15, 0.2) is 54.6 Å². The minimum Gasteiger partial charge on any atom is -0.508 e. The Morgan fingerprint density at radius 1 is 0.574 bits per heavy atom. The van der Waals surface area contributed by atoms with Gasteiger partial charge in [-0.05, 0) is 53.9 Å². The highest BCUT2D eigenvalue weighted by molar-refractivity contribution is 7.80. The highest BCUT2D eigenvalue weighted by atomic mass is 32.1. The molecule has 8 amide bonds. The van der Waals surface area contributed by atoms with E-state index in [1.54, 1.807) is 56.3 Å². The van der Waals surface area contributed by atoms with E-state index in [0.29, 0.717) is 11.1 Å². The molecular formula is C42H63N9O9S. The second-order valence-corrected chi connectivity index (χ2v) is 16.3. The van der Waals surface area contributed by atoms with Gasteiger partial charge in [0.1, 0.15) is 42.0 Å². The molecule has 19 heteroatoms. The van der Waals surface area contributed by atoms with Crippen molar-refractivity contribution in [1.82, 2.24) is 37.2 Å². The molecule has 0 aliphatic carbocycles. The summed E-state index contributed by atoms with van der Waals surface area (Å²) >= 11 is 4.17. The molecular weight excluding hydrogens is 807 g/mol. The minimum absolute atomic E-state index is 0.000752. The van der Waals surface area contributed by atoms with E-state index in [1.807, 2.05) is 27.7 Å². The molecule has 0 unspecified atom stereocenters. The van der Waals surface area contributed by atoms with Crippen LogP contribution >= 0.6 is 12.6 Å². The summed E-state index contributed by atoms with van der Waals surface area (Å²) < 4.78 is 0. The molecule has 2 aromatic rings. The van der Waals surface area contributed by atoms with E-state index in [9.17, 15) is 43.5 Å². The quantitative estimate of drug-likeness (QED) is 0.0560. The predicted molar refractivity (Wildman–Crippen MR) is 232 cm³/mol. The van der Waals surface area contributed by atoms with Crippen LogP contribution in [-0.2, 0) is 51.2 Å². The standard InChI is InChI=1S/C42H63N9O9S/c1-23(2)16-29(37(44)55)47-38(56)31(19-27-12-14-28(52)15-13-27)49-39(57)32(18-26-10-8-7-9-11-26)50-42(60)36(25(5)6)51-40(58)30(17-24(3)4)48-41(59)33(22-61)46-35(54)21-45-34(53)20-43/h7-15,23-25,29-33,36,52,61H,16-22,43H2,1-6H3,(H2,44,55)(H,45,53)(H,46,54)(H,47,56)(H,48,59)(H,49,57)(H,50,60)(H,51,58)/t29-,30-,31-,32-,33-,36-/m0/s1. The Bertz CT molecular complexity index is 1800. The zero-order valence-corrected chi connectivity index (χ0v) is 36.6. The molecule has 0 spiro atoms. The Morgan fingerprint density at radius 2 is 1.03 bits per heavy atom. The van der Waals surface area contributed by atoms with Crippen LogP contribution in [0.3, 0.4) is 0 Å². The van der Waals surface area contributed by atoms with E-state index in [4.69, 9.17) is 11.5 Å². The normalized spacial score (nSPS) is 14.1. The fourth-order valence-electron chi connectivity index (χ4n) is 6.11. The van der Waals surface area contributed by atoms with Crippen LogP contribution in [0.1, 0.15) is 65.5 Å². The van der Waals surface area contributed by atoms with Crippen molar-refractivity contribution in [3.8, 4) is 5.75 Å². The molecule has 12 N–H and O–H groups in total. The highest BCUT2D eigenvalue weighted by Crippen LogP contribution is 2.14. The SMILES string of the molecule is CC(C)C[C@H](NC(=O)[C@H](Cc1ccc(O)cc1)NC(=O)[C@H](Cc1ccccc1)NC(=O)[C@@H](NC(=O)[C@H](CC(C)C)NC(=O)[C@H](CS)NC(=O)CNC(=O)CN)C(C)C)C(N)=O. The van der Waals surface area contributed by atoms with E-state index in [1.165, 1.54) is 12.1 Å². The number of primary amides is 1. The summed E-state index contributed by atoms with van der Waals surface area (Å²) in [6.45, 7) is 10.00. The van der Waals surface area contributed by atoms with Crippen LogP contribution in [0.4, 0.5) is 0 Å². The first-order valence-electron chi connectivity index (χ1n) is 20.2. The number of phenolic OH excluding ortho intramolecular Hbond substituents is 1. The molecule has 0 fully saturated rings. The predicted octanol–water partition coefficient (Wildman–Crippen LogP) is -0.676. The fourth-order valence-corrected chi connectivity index (χ4v) is 6.37. The van der Waals surface area contributed by atoms with Gasteiger partial charge in [0.15, 0.2) is 0 Å². The molecule has 18 nitrogen and oxygen atoms in total. The van der Waals surface area contributed by atoms with Crippen LogP contribution in [0.5, 0.6) is 5.75 Å². The number of hydrogen-bond donors (Lipinski definition) is 11. The van der Waals surface area contributed by atoms with Gasteiger partial charge >= 0.3 is 0 Å². The number of nitrogens with one attached hydrogen (secondary N) is 7. The average Bonchev–Trinajstić information content (AvgIpc) is 3.20. The molecule has 2 aromatic carbocycles. The molecule has 61 heavy (non-hydrogen) atoms. The molecule has 0 aromatic heterocycles. The first-order valence-corrected chi connectivity index (χ1v) is 20.9. The lowest BCUT2D eigenvalue weighted by molar-refractivity contribution is -0.136. The fraction of sp³-hybridized carbons (Fsp3) is 0.524. The summed E-state index contributed by atoms with van der Waals surface area (Å²) in [5, 5.41) is 28.1. The molecule has 0 aliphatic rings. The molecule has 0 saturated heterocycles. The summed E-state index contributed by atoms with van der Waals surface area (Å²) in [5.74, 6) is -6.35. The zero-order valence-electron chi connectivity index (χ0n) is 35.7. The van der Waals surface area contributed by atoms with Crippen molar-refractivity contribution in [3.63, 3.8) is 0 Å². The number of phenols is 1. The van der Waals surface area contributed by atoms with Gasteiger partial charge in [-0.3, -0.25) is 38.4 Å². The third kappa shape index (κ3) is 18.6. The number of thiol groups is 1. The molecule has 0 heterocycles. The van der Waals surface area contributed by atoms with E-state index in [0.717, 1.165) is 0 Å². The maximum atomic E-state index is 14.2. The Labute approximate surface area is 362 Å². The lowest BCUT2D eigenvalue weighted by Gasteiger charge is -2.29. The summed E-state index contributed by atoms with van der Waals surface area (Å²) in [6.07, 6.45) is 0.343. The van der Waals surface area contributed by atoms with Crippen molar-refractivity contribution in [1.29, 1.82) is 0 Å². The van der Waals surface area contributed by atoms with Gasteiger partial charge in [0.25, 0.3) is 0 Å². The molecule has 6 atom stereocenters. The van der Waals surface area contributed by atoms with Gasteiger partial charge in [0, 0.05) is 18.6 Å². The summed E-state index contributed by atoms with van der Waals surface area (Å²) in [5.41, 5.74) is 12.1. The van der Waals surface area contributed by atoms with Crippen molar-refractivity contribution in [2.75, 3.05) is 18.8 Å². The minimum atomic E-state index is -1.27. The lowest BCUT2D eigenvalue weighted by atomic mass is 9.98. The molecule has 0 radical (unpaired) electrons. The monoisotopic (exact) mass is 869 g/mol. The molecule has 2 rings (SSSR count). The number of benzene rings is 2. The van der Waals surface area contributed by atoms with Crippen LogP contribution in [0, 0.1) is 17.8 Å². The Balaban J connectivity index is 2.39. The van der Waals surface area contributed by atoms with E-state index in [2.05, 4.69) is 49.8 Å². The summed E-state index contributed by atoms with van der Waals surface area (Å²) in [7, 11) is 0. The topological polar surface area (TPSA) is 293 Å². The third-order valence-corrected chi connectivity index (χ3v) is 9.71. The molecule has 0 bridgehead atoms. The van der Waals surface area contributed by atoms with Gasteiger partial charge in [-0.2, -0.15) is 12.6 Å². The summed E-state index contributed by atoms with van der Waals surface area (Å²) in [6, 6.07) is 7.75. The number of nitrogens with two attached hydrogens (primary N) is 2. The van der Waals surface area contributed by atoms with Crippen molar-refractivity contribution < 1.29 is 43.5 Å². The maximum Gasteiger partial charge on any atom is 0.244 e. The number of rotatable bonds is 25. The van der Waals surface area contributed by atoms with Gasteiger partial charge in [-0.15, -0.1) is 0 Å². The third-order valence-electron chi connectivity index (χ3n) is 9.34. The first kappa shape index (κ1) is 51.5. The number of aromatic hydroxyl groups is 1. The Hall–Kier alpha value is -5.69. The van der Waals surface area contributed by atoms with Crippen LogP contribution in [0.25, 0.3) is 0 Å². The second kappa shape index (κ2) is 25.8. The van der Waals surface area contributed by atoms with E-state index >= 15 is 0 Å².